The molecule has 21 heavy (non-hydrogen) atoms. The zero-order valence-corrected chi connectivity index (χ0v) is 14.5. The van der Waals surface area contributed by atoms with E-state index in [4.69, 9.17) is 5.11 Å². The van der Waals surface area contributed by atoms with Crippen molar-refractivity contribution < 1.29 is 18.3 Å². The lowest BCUT2D eigenvalue weighted by atomic mass is 9.94. The molecule has 1 saturated heterocycles. The summed E-state index contributed by atoms with van der Waals surface area (Å²) >= 11 is 4.16. The van der Waals surface area contributed by atoms with Crippen LogP contribution in [0.25, 0.3) is 0 Å². The molecule has 2 fully saturated rings. The first kappa shape index (κ1) is 15.5. The highest BCUT2D eigenvalue weighted by Gasteiger charge is 2.42. The molecule has 2 atom stereocenters. The van der Waals surface area contributed by atoms with Gasteiger partial charge >= 0.3 is 5.97 Å². The molecule has 2 aliphatic rings. The minimum Gasteiger partial charge on any atom is -0.477 e. The van der Waals surface area contributed by atoms with Gasteiger partial charge < -0.3 is 5.11 Å². The Balaban J connectivity index is 1.98. The fraction of sp³-hybridized carbons (Fsp3) is 0.615. The van der Waals surface area contributed by atoms with E-state index in [1.807, 2.05) is 0 Å². The number of carboxylic acid groups (broad SMARTS) is 1. The van der Waals surface area contributed by atoms with Crippen LogP contribution in [0.2, 0.25) is 0 Å². The van der Waals surface area contributed by atoms with Gasteiger partial charge in [-0.15, -0.1) is 11.3 Å². The number of thiophene rings is 1. The van der Waals surface area contributed by atoms with Gasteiger partial charge in [-0.05, 0) is 53.6 Å². The SMILES string of the molecule is O=C(O)c1cc(S(=O)(=O)N2CCCC3CCCC32)c(Br)s1. The Kier molecular flexibility index (Phi) is 4.15. The lowest BCUT2D eigenvalue weighted by Gasteiger charge is -2.36. The van der Waals surface area contributed by atoms with E-state index < -0.39 is 16.0 Å². The average Bonchev–Trinajstić information content (AvgIpc) is 3.04. The molecule has 3 rings (SSSR count). The Hall–Kier alpha value is -0.440. The summed E-state index contributed by atoms with van der Waals surface area (Å²) in [6.45, 7) is 0.536. The number of carboxylic acids is 1. The van der Waals surface area contributed by atoms with Gasteiger partial charge in [0.05, 0.1) is 3.79 Å². The van der Waals surface area contributed by atoms with Crippen molar-refractivity contribution in [2.45, 2.75) is 43.0 Å². The number of nitrogens with zero attached hydrogens (tertiary/aromatic N) is 1. The van der Waals surface area contributed by atoms with Gasteiger partial charge in [0.1, 0.15) is 9.77 Å². The summed E-state index contributed by atoms with van der Waals surface area (Å²) in [6.07, 6.45) is 5.07. The van der Waals surface area contributed by atoms with Gasteiger partial charge in [-0.3, -0.25) is 0 Å². The van der Waals surface area contributed by atoms with Crippen LogP contribution in [-0.2, 0) is 10.0 Å². The number of carbonyl (C=O) groups is 1. The predicted molar refractivity (Wildman–Crippen MR) is 83.2 cm³/mol. The topological polar surface area (TPSA) is 74.7 Å². The normalized spacial score (nSPS) is 26.7. The molecule has 1 aromatic rings. The van der Waals surface area contributed by atoms with Gasteiger partial charge in [0, 0.05) is 12.6 Å². The van der Waals surface area contributed by atoms with Crippen LogP contribution in [0.15, 0.2) is 14.7 Å². The number of fused-ring (bicyclic) bond motifs is 1. The van der Waals surface area contributed by atoms with Crippen LogP contribution in [0, 0.1) is 5.92 Å². The maximum Gasteiger partial charge on any atom is 0.345 e. The summed E-state index contributed by atoms with van der Waals surface area (Å²) in [4.78, 5) is 11.2. The van der Waals surface area contributed by atoms with E-state index in [0.717, 1.165) is 43.4 Å². The maximum atomic E-state index is 12.9. The largest absolute Gasteiger partial charge is 0.477 e. The maximum absolute atomic E-state index is 12.9. The molecular formula is C13H16BrNO4S2. The third-order valence-electron chi connectivity index (χ3n) is 4.40. The first-order chi connectivity index (χ1) is 9.91. The predicted octanol–water partition coefficient (Wildman–Crippen LogP) is 3.16. The van der Waals surface area contributed by atoms with Crippen LogP contribution in [-0.4, -0.2) is 36.4 Å². The lowest BCUT2D eigenvalue weighted by Crippen LogP contribution is -2.46. The van der Waals surface area contributed by atoms with Crippen LogP contribution in [0.1, 0.15) is 41.8 Å². The number of aromatic carboxylic acids is 1. The smallest absolute Gasteiger partial charge is 0.345 e. The van der Waals surface area contributed by atoms with Crippen molar-refractivity contribution in [3.8, 4) is 0 Å². The Labute approximate surface area is 136 Å². The minimum atomic E-state index is -3.63. The summed E-state index contributed by atoms with van der Waals surface area (Å²) in [6, 6.07) is 1.36. The number of hydrogen-bond donors (Lipinski definition) is 1. The summed E-state index contributed by atoms with van der Waals surface area (Å²) in [5.41, 5.74) is 0. The van der Waals surface area contributed by atoms with Gasteiger partial charge in [0.25, 0.3) is 0 Å². The number of piperidine rings is 1. The standard InChI is InChI=1S/C13H16BrNO4S2/c14-12-11(7-10(20-12)13(16)17)21(18,19)15-6-2-4-8-3-1-5-9(8)15/h7-9H,1-6H2,(H,16,17). The zero-order valence-electron chi connectivity index (χ0n) is 11.3. The van der Waals surface area contributed by atoms with Crippen molar-refractivity contribution in [3.05, 3.63) is 14.7 Å². The third kappa shape index (κ3) is 2.67. The second-order valence-corrected chi connectivity index (χ2v) is 9.80. The van der Waals surface area contributed by atoms with Gasteiger partial charge in [-0.2, -0.15) is 4.31 Å². The molecule has 0 radical (unpaired) electrons. The number of sulfonamides is 1. The minimum absolute atomic E-state index is 0.0421. The highest BCUT2D eigenvalue weighted by atomic mass is 79.9. The van der Waals surface area contributed by atoms with E-state index in [1.54, 1.807) is 4.31 Å². The molecule has 0 amide bonds. The molecule has 1 aromatic heterocycles. The first-order valence-corrected chi connectivity index (χ1v) is 10.0. The van der Waals surface area contributed by atoms with Crippen molar-refractivity contribution >= 4 is 43.3 Å². The van der Waals surface area contributed by atoms with Crippen LogP contribution in [0.4, 0.5) is 0 Å². The fourth-order valence-electron chi connectivity index (χ4n) is 3.47. The van der Waals surface area contributed by atoms with E-state index in [2.05, 4.69) is 15.9 Å². The molecule has 5 nitrogen and oxygen atoms in total. The van der Waals surface area contributed by atoms with E-state index in [-0.39, 0.29) is 15.8 Å². The second-order valence-electron chi connectivity index (χ2n) is 5.57. The number of hydrogen-bond acceptors (Lipinski definition) is 4. The van der Waals surface area contributed by atoms with Gasteiger partial charge in [0.15, 0.2) is 0 Å². The Bertz CT molecular complexity index is 670. The molecule has 1 saturated carbocycles. The van der Waals surface area contributed by atoms with E-state index in [9.17, 15) is 13.2 Å². The van der Waals surface area contributed by atoms with Crippen LogP contribution < -0.4 is 0 Å². The highest BCUT2D eigenvalue weighted by Crippen LogP contribution is 2.41. The van der Waals surface area contributed by atoms with E-state index >= 15 is 0 Å². The Morgan fingerprint density at radius 2 is 2.05 bits per heavy atom. The molecule has 0 spiro atoms. The fourth-order valence-corrected chi connectivity index (χ4v) is 7.58. The molecule has 0 aromatic carbocycles. The molecule has 2 unspecified atom stereocenters. The monoisotopic (exact) mass is 393 g/mol. The molecule has 0 bridgehead atoms. The van der Waals surface area contributed by atoms with Crippen molar-refractivity contribution in [1.82, 2.24) is 4.31 Å². The Morgan fingerprint density at radius 1 is 1.33 bits per heavy atom. The first-order valence-electron chi connectivity index (χ1n) is 6.95. The zero-order chi connectivity index (χ0) is 15.2. The Morgan fingerprint density at radius 3 is 2.71 bits per heavy atom. The molecular weight excluding hydrogens is 378 g/mol. The second kappa shape index (κ2) is 5.64. The summed E-state index contributed by atoms with van der Waals surface area (Å²) in [7, 11) is -3.63. The van der Waals surface area contributed by atoms with E-state index in [0.29, 0.717) is 16.2 Å². The van der Waals surface area contributed by atoms with Crippen LogP contribution in [0.3, 0.4) is 0 Å². The summed E-state index contributed by atoms with van der Waals surface area (Å²) in [5, 5.41) is 9.03. The van der Waals surface area contributed by atoms with Gasteiger partial charge in [0.2, 0.25) is 10.0 Å². The van der Waals surface area contributed by atoms with Crippen molar-refractivity contribution in [2.24, 2.45) is 5.92 Å². The van der Waals surface area contributed by atoms with Crippen molar-refractivity contribution in [3.63, 3.8) is 0 Å². The molecule has 2 heterocycles. The molecule has 1 aliphatic heterocycles. The molecule has 1 N–H and O–H groups in total. The highest BCUT2D eigenvalue weighted by molar-refractivity contribution is 9.11. The van der Waals surface area contributed by atoms with Crippen molar-refractivity contribution in [2.75, 3.05) is 6.54 Å². The average molecular weight is 394 g/mol. The molecule has 116 valence electrons. The quantitative estimate of drug-likeness (QED) is 0.855. The van der Waals surface area contributed by atoms with Crippen LogP contribution in [0.5, 0.6) is 0 Å². The molecule has 1 aliphatic carbocycles. The number of halogens is 1. The summed E-state index contributed by atoms with van der Waals surface area (Å²) < 4.78 is 27.8. The molecule has 8 heteroatoms. The van der Waals surface area contributed by atoms with Crippen molar-refractivity contribution in [1.29, 1.82) is 0 Å². The lowest BCUT2D eigenvalue weighted by molar-refractivity contribution is 0.0702. The summed E-state index contributed by atoms with van der Waals surface area (Å²) in [5.74, 6) is -0.635. The van der Waals surface area contributed by atoms with E-state index in [1.165, 1.54) is 6.07 Å². The van der Waals surface area contributed by atoms with Gasteiger partial charge in [-0.1, -0.05) is 6.42 Å². The third-order valence-corrected chi connectivity index (χ3v) is 8.56. The van der Waals surface area contributed by atoms with Crippen LogP contribution >= 0.6 is 27.3 Å². The number of rotatable bonds is 3. The van der Waals surface area contributed by atoms with Gasteiger partial charge in [-0.25, -0.2) is 13.2 Å².